The molecule has 2 atom stereocenters. The molecule has 0 aromatic rings. The van der Waals surface area contributed by atoms with Crippen LogP contribution in [0.4, 0.5) is 0 Å². The molecular weight excluding hydrogens is 200 g/mol. The Bertz CT molecular complexity index is 317. The SMILES string of the molecule is COC(=O)C1(C(=O)OC)CC2C=CC1O2. The van der Waals surface area contributed by atoms with Gasteiger partial charge in [-0.3, -0.25) is 9.59 Å². The molecule has 5 nitrogen and oxygen atoms in total. The van der Waals surface area contributed by atoms with E-state index in [9.17, 15) is 9.59 Å². The molecule has 2 heterocycles. The van der Waals surface area contributed by atoms with Crippen LogP contribution in [0.5, 0.6) is 0 Å². The number of esters is 2. The Morgan fingerprint density at radius 1 is 1.27 bits per heavy atom. The maximum atomic E-state index is 11.7. The second kappa shape index (κ2) is 3.34. The highest BCUT2D eigenvalue weighted by atomic mass is 16.6. The lowest BCUT2D eigenvalue weighted by Gasteiger charge is -2.26. The molecule has 0 aromatic carbocycles. The summed E-state index contributed by atoms with van der Waals surface area (Å²) in [7, 11) is 2.51. The van der Waals surface area contributed by atoms with Gasteiger partial charge in [0.15, 0.2) is 5.41 Å². The van der Waals surface area contributed by atoms with Crippen LogP contribution in [0.15, 0.2) is 12.2 Å². The highest BCUT2D eigenvalue weighted by molar-refractivity contribution is 6.01. The second-order valence-corrected chi connectivity index (χ2v) is 3.64. The number of carbonyl (C=O) groups is 2. The Labute approximate surface area is 87.0 Å². The van der Waals surface area contributed by atoms with Crippen LogP contribution in [0.2, 0.25) is 0 Å². The smallest absolute Gasteiger partial charge is 0.326 e. The number of ether oxygens (including phenoxy) is 3. The van der Waals surface area contributed by atoms with Gasteiger partial charge in [-0.2, -0.15) is 0 Å². The van der Waals surface area contributed by atoms with Crippen LogP contribution in [0.1, 0.15) is 6.42 Å². The van der Waals surface area contributed by atoms with Gasteiger partial charge in [0.25, 0.3) is 0 Å². The monoisotopic (exact) mass is 212 g/mol. The van der Waals surface area contributed by atoms with E-state index in [1.807, 2.05) is 6.08 Å². The molecule has 0 amide bonds. The molecule has 1 saturated heterocycles. The molecule has 5 heteroatoms. The number of carbonyl (C=O) groups excluding carboxylic acids is 2. The van der Waals surface area contributed by atoms with Crippen molar-refractivity contribution in [1.82, 2.24) is 0 Å². The zero-order valence-corrected chi connectivity index (χ0v) is 8.56. The molecule has 2 unspecified atom stereocenters. The first kappa shape index (κ1) is 10.2. The minimum Gasteiger partial charge on any atom is -0.468 e. The van der Waals surface area contributed by atoms with Crippen molar-refractivity contribution in [3.05, 3.63) is 12.2 Å². The average Bonchev–Trinajstić information content (AvgIpc) is 2.86. The zero-order chi connectivity index (χ0) is 11.1. The average molecular weight is 212 g/mol. The third kappa shape index (κ3) is 1.19. The van der Waals surface area contributed by atoms with Gasteiger partial charge in [-0.15, -0.1) is 0 Å². The van der Waals surface area contributed by atoms with Gasteiger partial charge in [-0.05, 0) is 0 Å². The van der Waals surface area contributed by atoms with Crippen LogP contribution in [-0.2, 0) is 23.8 Å². The number of hydrogen-bond acceptors (Lipinski definition) is 5. The van der Waals surface area contributed by atoms with Crippen molar-refractivity contribution in [1.29, 1.82) is 0 Å². The summed E-state index contributed by atoms with van der Waals surface area (Å²) in [6, 6.07) is 0. The Balaban J connectivity index is 2.37. The van der Waals surface area contributed by atoms with E-state index < -0.39 is 23.5 Å². The first-order valence-corrected chi connectivity index (χ1v) is 4.65. The topological polar surface area (TPSA) is 61.8 Å². The van der Waals surface area contributed by atoms with Gasteiger partial charge < -0.3 is 14.2 Å². The molecule has 15 heavy (non-hydrogen) atoms. The number of rotatable bonds is 2. The normalized spacial score (nSPS) is 30.3. The minimum atomic E-state index is -1.30. The van der Waals surface area contributed by atoms with Gasteiger partial charge in [-0.1, -0.05) is 12.2 Å². The quantitative estimate of drug-likeness (QED) is 0.367. The van der Waals surface area contributed by atoms with Crippen LogP contribution < -0.4 is 0 Å². The highest BCUT2D eigenvalue weighted by Gasteiger charge is 2.62. The van der Waals surface area contributed by atoms with Crippen molar-refractivity contribution >= 4 is 11.9 Å². The maximum absolute atomic E-state index is 11.7. The van der Waals surface area contributed by atoms with E-state index in [2.05, 4.69) is 9.47 Å². The lowest BCUT2D eigenvalue weighted by Crippen LogP contribution is -2.47. The van der Waals surface area contributed by atoms with Gasteiger partial charge >= 0.3 is 11.9 Å². The number of hydrogen-bond donors (Lipinski definition) is 0. The van der Waals surface area contributed by atoms with E-state index >= 15 is 0 Å². The lowest BCUT2D eigenvalue weighted by atomic mass is 9.77. The van der Waals surface area contributed by atoms with Gasteiger partial charge in [0, 0.05) is 6.42 Å². The summed E-state index contributed by atoms with van der Waals surface area (Å²) < 4.78 is 14.7. The Morgan fingerprint density at radius 3 is 2.20 bits per heavy atom. The van der Waals surface area contributed by atoms with Crippen molar-refractivity contribution in [2.24, 2.45) is 5.41 Å². The van der Waals surface area contributed by atoms with Crippen molar-refractivity contribution < 1.29 is 23.8 Å². The Morgan fingerprint density at radius 2 is 1.87 bits per heavy atom. The van der Waals surface area contributed by atoms with Gasteiger partial charge in [0.1, 0.15) is 6.10 Å². The molecule has 2 aliphatic rings. The molecule has 0 spiro atoms. The summed E-state index contributed by atoms with van der Waals surface area (Å²) in [6.45, 7) is 0. The fourth-order valence-corrected chi connectivity index (χ4v) is 2.18. The fraction of sp³-hybridized carbons (Fsp3) is 0.600. The van der Waals surface area contributed by atoms with Gasteiger partial charge in [0.05, 0.1) is 20.3 Å². The van der Waals surface area contributed by atoms with Crippen LogP contribution in [-0.4, -0.2) is 38.4 Å². The molecule has 0 N–H and O–H groups in total. The van der Waals surface area contributed by atoms with Gasteiger partial charge in [-0.25, -0.2) is 0 Å². The van der Waals surface area contributed by atoms with E-state index in [1.165, 1.54) is 14.2 Å². The fourth-order valence-electron chi connectivity index (χ4n) is 2.18. The Hall–Kier alpha value is -1.36. The summed E-state index contributed by atoms with van der Waals surface area (Å²) >= 11 is 0. The van der Waals surface area contributed by atoms with Crippen molar-refractivity contribution in [3.8, 4) is 0 Å². The van der Waals surface area contributed by atoms with Crippen molar-refractivity contribution in [2.45, 2.75) is 18.6 Å². The maximum Gasteiger partial charge on any atom is 0.326 e. The molecule has 0 radical (unpaired) electrons. The third-order valence-corrected chi connectivity index (χ3v) is 2.93. The van der Waals surface area contributed by atoms with E-state index in [1.54, 1.807) is 6.08 Å². The summed E-state index contributed by atoms with van der Waals surface area (Å²) in [5.74, 6) is -1.18. The molecule has 2 bridgehead atoms. The molecule has 82 valence electrons. The second-order valence-electron chi connectivity index (χ2n) is 3.64. The van der Waals surface area contributed by atoms with Crippen LogP contribution in [0.25, 0.3) is 0 Å². The van der Waals surface area contributed by atoms with E-state index in [0.29, 0.717) is 6.42 Å². The Kier molecular flexibility index (Phi) is 2.26. The lowest BCUT2D eigenvalue weighted by molar-refractivity contribution is -0.171. The standard InChI is InChI=1S/C10H12O5/c1-13-8(11)10(9(12)14-2)5-6-3-4-7(10)15-6/h3-4,6-7H,5H2,1-2H3. The third-order valence-electron chi connectivity index (χ3n) is 2.93. The first-order valence-electron chi connectivity index (χ1n) is 4.65. The predicted octanol–water partition coefficient (Wildman–Crippen LogP) is 0.0461. The summed E-state index contributed by atoms with van der Waals surface area (Å²) in [5, 5.41) is 0. The molecule has 0 aliphatic carbocycles. The molecular formula is C10H12O5. The molecule has 2 rings (SSSR count). The van der Waals surface area contributed by atoms with Crippen LogP contribution in [0.3, 0.4) is 0 Å². The highest BCUT2D eigenvalue weighted by Crippen LogP contribution is 2.45. The molecule has 2 aliphatic heterocycles. The summed E-state index contributed by atoms with van der Waals surface area (Å²) in [6.07, 6.45) is 3.11. The van der Waals surface area contributed by atoms with E-state index in [4.69, 9.17) is 4.74 Å². The zero-order valence-electron chi connectivity index (χ0n) is 8.56. The number of methoxy groups -OCH3 is 2. The predicted molar refractivity (Wildman–Crippen MR) is 48.9 cm³/mol. The van der Waals surface area contributed by atoms with Crippen LogP contribution >= 0.6 is 0 Å². The summed E-state index contributed by atoms with van der Waals surface area (Å²) in [4.78, 5) is 23.4. The van der Waals surface area contributed by atoms with Crippen molar-refractivity contribution in [3.63, 3.8) is 0 Å². The largest absolute Gasteiger partial charge is 0.468 e. The van der Waals surface area contributed by atoms with E-state index in [-0.39, 0.29) is 6.10 Å². The molecule has 0 saturated carbocycles. The number of fused-ring (bicyclic) bond motifs is 2. The minimum absolute atomic E-state index is 0.187. The summed E-state index contributed by atoms with van der Waals surface area (Å²) in [5.41, 5.74) is -1.30. The molecule has 1 fully saturated rings. The van der Waals surface area contributed by atoms with E-state index in [0.717, 1.165) is 0 Å². The van der Waals surface area contributed by atoms with Crippen LogP contribution in [0, 0.1) is 5.41 Å². The van der Waals surface area contributed by atoms with Crippen molar-refractivity contribution in [2.75, 3.05) is 14.2 Å². The van der Waals surface area contributed by atoms with Gasteiger partial charge in [0.2, 0.25) is 0 Å². The molecule has 0 aromatic heterocycles. The first-order chi connectivity index (χ1) is 7.15.